The standard InChI is InChI=1S/C10H13N5/c1-3-8-9(4-2)13-14-10(12-8)15-7-5-6-11-15/h5-7H,3-4H2,1-2H3. The van der Waals surface area contributed by atoms with Crippen molar-refractivity contribution in [2.45, 2.75) is 26.7 Å². The van der Waals surface area contributed by atoms with Gasteiger partial charge in [-0.3, -0.25) is 0 Å². The molecule has 2 aromatic heterocycles. The summed E-state index contributed by atoms with van der Waals surface area (Å²) in [5.74, 6) is 0.536. The van der Waals surface area contributed by atoms with Gasteiger partial charge in [0.1, 0.15) is 0 Å². The summed E-state index contributed by atoms with van der Waals surface area (Å²) < 4.78 is 1.62. The van der Waals surface area contributed by atoms with Crippen molar-refractivity contribution in [1.82, 2.24) is 25.0 Å². The highest BCUT2D eigenvalue weighted by Crippen LogP contribution is 2.05. The molecular formula is C10H13N5. The molecule has 5 heteroatoms. The van der Waals surface area contributed by atoms with Crippen LogP contribution < -0.4 is 0 Å². The van der Waals surface area contributed by atoms with Crippen LogP contribution in [0, 0.1) is 0 Å². The number of hydrogen-bond acceptors (Lipinski definition) is 4. The zero-order chi connectivity index (χ0) is 10.7. The highest BCUT2D eigenvalue weighted by atomic mass is 15.4. The van der Waals surface area contributed by atoms with Crippen LogP contribution in [0.4, 0.5) is 0 Å². The third kappa shape index (κ3) is 1.86. The van der Waals surface area contributed by atoms with Gasteiger partial charge in [0.05, 0.1) is 11.4 Å². The van der Waals surface area contributed by atoms with Crippen molar-refractivity contribution in [3.63, 3.8) is 0 Å². The van der Waals surface area contributed by atoms with E-state index in [0.717, 1.165) is 24.2 Å². The lowest BCUT2D eigenvalue weighted by Gasteiger charge is -2.04. The van der Waals surface area contributed by atoms with Crippen LogP contribution in [0.1, 0.15) is 25.2 Å². The molecule has 15 heavy (non-hydrogen) atoms. The molecule has 0 fully saturated rings. The van der Waals surface area contributed by atoms with Crippen molar-refractivity contribution >= 4 is 0 Å². The Labute approximate surface area is 88.2 Å². The summed E-state index contributed by atoms with van der Waals surface area (Å²) in [7, 11) is 0. The molecule has 5 nitrogen and oxygen atoms in total. The fourth-order valence-electron chi connectivity index (χ4n) is 1.41. The quantitative estimate of drug-likeness (QED) is 0.751. The molecule has 0 saturated carbocycles. The highest BCUT2D eigenvalue weighted by Gasteiger charge is 2.07. The molecule has 2 rings (SSSR count). The van der Waals surface area contributed by atoms with E-state index in [-0.39, 0.29) is 0 Å². The summed E-state index contributed by atoms with van der Waals surface area (Å²) in [6.45, 7) is 4.12. The van der Waals surface area contributed by atoms with E-state index in [0.29, 0.717) is 5.95 Å². The lowest BCUT2D eigenvalue weighted by Crippen LogP contribution is -2.09. The predicted molar refractivity (Wildman–Crippen MR) is 55.7 cm³/mol. The van der Waals surface area contributed by atoms with Crippen LogP contribution in [0.3, 0.4) is 0 Å². The molecule has 0 unspecified atom stereocenters. The Morgan fingerprint density at radius 3 is 2.53 bits per heavy atom. The van der Waals surface area contributed by atoms with Crippen molar-refractivity contribution in [3.05, 3.63) is 29.8 Å². The van der Waals surface area contributed by atoms with Gasteiger partial charge in [-0.1, -0.05) is 13.8 Å². The molecule has 0 aliphatic rings. The van der Waals surface area contributed by atoms with Gasteiger partial charge in [0.15, 0.2) is 0 Å². The average Bonchev–Trinajstić information content (AvgIpc) is 2.81. The van der Waals surface area contributed by atoms with E-state index < -0.39 is 0 Å². The fourth-order valence-corrected chi connectivity index (χ4v) is 1.41. The second-order valence-corrected chi connectivity index (χ2v) is 3.16. The van der Waals surface area contributed by atoms with Gasteiger partial charge in [-0.25, -0.2) is 9.67 Å². The highest BCUT2D eigenvalue weighted by molar-refractivity contribution is 5.16. The lowest BCUT2D eigenvalue weighted by molar-refractivity contribution is 0.729. The van der Waals surface area contributed by atoms with Crippen LogP contribution in [0.2, 0.25) is 0 Å². The summed E-state index contributed by atoms with van der Waals surface area (Å²) in [5.41, 5.74) is 1.96. The second-order valence-electron chi connectivity index (χ2n) is 3.16. The largest absolute Gasteiger partial charge is 0.270 e. The van der Waals surface area contributed by atoms with Crippen LogP contribution in [-0.4, -0.2) is 25.0 Å². The molecule has 0 atom stereocenters. The molecule has 0 spiro atoms. The van der Waals surface area contributed by atoms with Crippen LogP contribution >= 0.6 is 0 Å². The Kier molecular flexibility index (Phi) is 2.71. The third-order valence-corrected chi connectivity index (χ3v) is 2.21. The van der Waals surface area contributed by atoms with E-state index in [4.69, 9.17) is 0 Å². The minimum absolute atomic E-state index is 0.536. The van der Waals surface area contributed by atoms with Gasteiger partial charge >= 0.3 is 0 Å². The monoisotopic (exact) mass is 203 g/mol. The molecule has 0 saturated heterocycles. The first-order valence-electron chi connectivity index (χ1n) is 5.07. The van der Waals surface area contributed by atoms with E-state index in [9.17, 15) is 0 Å². The number of nitrogens with zero attached hydrogens (tertiary/aromatic N) is 5. The predicted octanol–water partition coefficient (Wildman–Crippen LogP) is 1.18. The first kappa shape index (κ1) is 9.76. The summed E-state index contributed by atoms with van der Waals surface area (Å²) in [4.78, 5) is 4.43. The third-order valence-electron chi connectivity index (χ3n) is 2.21. The first-order chi connectivity index (χ1) is 7.35. The van der Waals surface area contributed by atoms with Gasteiger partial charge in [0.25, 0.3) is 5.95 Å². The Morgan fingerprint density at radius 2 is 1.93 bits per heavy atom. The molecule has 0 N–H and O–H groups in total. The molecule has 78 valence electrons. The summed E-state index contributed by atoms with van der Waals surface area (Å²) in [5, 5.41) is 12.3. The average molecular weight is 203 g/mol. The van der Waals surface area contributed by atoms with E-state index in [2.05, 4.69) is 34.1 Å². The molecule has 2 aromatic rings. The summed E-state index contributed by atoms with van der Waals surface area (Å²) in [6.07, 6.45) is 5.24. The van der Waals surface area contributed by atoms with Crippen LogP contribution in [0.5, 0.6) is 0 Å². The number of aryl methyl sites for hydroxylation is 2. The topological polar surface area (TPSA) is 56.5 Å². The van der Waals surface area contributed by atoms with E-state index in [1.54, 1.807) is 10.9 Å². The van der Waals surface area contributed by atoms with Gasteiger partial charge in [-0.15, -0.1) is 10.2 Å². The smallest absolute Gasteiger partial charge is 0.213 e. The minimum atomic E-state index is 0.536. The molecule has 0 aromatic carbocycles. The van der Waals surface area contributed by atoms with Gasteiger partial charge in [0, 0.05) is 12.4 Å². The van der Waals surface area contributed by atoms with E-state index in [1.165, 1.54) is 0 Å². The van der Waals surface area contributed by atoms with Crippen molar-refractivity contribution in [2.24, 2.45) is 0 Å². The van der Waals surface area contributed by atoms with Crippen LogP contribution in [-0.2, 0) is 12.8 Å². The minimum Gasteiger partial charge on any atom is -0.213 e. The summed E-state index contributed by atoms with van der Waals surface area (Å²) >= 11 is 0. The normalized spacial score (nSPS) is 10.5. The van der Waals surface area contributed by atoms with Gasteiger partial charge in [-0.05, 0) is 18.9 Å². The lowest BCUT2D eigenvalue weighted by atomic mass is 10.2. The molecule has 0 aliphatic carbocycles. The van der Waals surface area contributed by atoms with Crippen molar-refractivity contribution in [1.29, 1.82) is 0 Å². The van der Waals surface area contributed by atoms with Crippen molar-refractivity contribution < 1.29 is 0 Å². The van der Waals surface area contributed by atoms with Crippen molar-refractivity contribution in [2.75, 3.05) is 0 Å². The van der Waals surface area contributed by atoms with Gasteiger partial charge < -0.3 is 0 Å². The van der Waals surface area contributed by atoms with Crippen LogP contribution in [0.25, 0.3) is 5.95 Å². The SMILES string of the molecule is CCc1nnc(-n2cccn2)nc1CC. The van der Waals surface area contributed by atoms with Gasteiger partial charge in [-0.2, -0.15) is 5.10 Å². The van der Waals surface area contributed by atoms with E-state index >= 15 is 0 Å². The van der Waals surface area contributed by atoms with Crippen LogP contribution in [0.15, 0.2) is 18.5 Å². The van der Waals surface area contributed by atoms with Crippen molar-refractivity contribution in [3.8, 4) is 5.95 Å². The number of rotatable bonds is 3. The fraction of sp³-hybridized carbons (Fsp3) is 0.400. The maximum atomic E-state index is 4.43. The Balaban J connectivity index is 2.43. The van der Waals surface area contributed by atoms with Gasteiger partial charge in [0.2, 0.25) is 0 Å². The maximum absolute atomic E-state index is 4.43. The second kappa shape index (κ2) is 4.16. The molecule has 0 aliphatic heterocycles. The molecule has 0 radical (unpaired) electrons. The molecule has 0 amide bonds. The zero-order valence-electron chi connectivity index (χ0n) is 8.88. The Morgan fingerprint density at radius 1 is 1.13 bits per heavy atom. The summed E-state index contributed by atoms with van der Waals surface area (Å²) in [6, 6.07) is 1.84. The molecular weight excluding hydrogens is 190 g/mol. The number of hydrogen-bond donors (Lipinski definition) is 0. The zero-order valence-corrected chi connectivity index (χ0v) is 8.88. The Bertz CT molecular complexity index is 435. The van der Waals surface area contributed by atoms with E-state index in [1.807, 2.05) is 12.3 Å². The molecule has 2 heterocycles. The number of aromatic nitrogens is 5. The first-order valence-corrected chi connectivity index (χ1v) is 5.07. The molecule has 0 bridgehead atoms. The maximum Gasteiger partial charge on any atom is 0.270 e. The Hall–Kier alpha value is -1.78.